The molecule has 3 nitrogen and oxygen atoms in total. The minimum absolute atomic E-state index is 0.0235. The van der Waals surface area contributed by atoms with Crippen molar-refractivity contribution < 1.29 is 9.59 Å². The lowest BCUT2D eigenvalue weighted by atomic mass is 10.0. The largest absolute Gasteiger partial charge is 0.345 e. The maximum atomic E-state index is 11.4. The molecule has 0 saturated heterocycles. The van der Waals surface area contributed by atoms with Crippen molar-refractivity contribution in [2.75, 3.05) is 0 Å². The van der Waals surface area contributed by atoms with Crippen LogP contribution in [0.2, 0.25) is 0 Å². The summed E-state index contributed by atoms with van der Waals surface area (Å²) in [5, 5.41) is 2.22. The molecule has 0 aliphatic heterocycles. The number of hydrogen-bond acceptors (Lipinski definition) is 2. The summed E-state index contributed by atoms with van der Waals surface area (Å²) in [4.78, 5) is 22.4. The van der Waals surface area contributed by atoms with Gasteiger partial charge in [0, 0.05) is 5.92 Å². The van der Waals surface area contributed by atoms with Crippen molar-refractivity contribution in [3.8, 4) is 0 Å². The number of rotatable bonds is 5. The summed E-state index contributed by atoms with van der Waals surface area (Å²) in [7, 11) is 0. The van der Waals surface area contributed by atoms with Gasteiger partial charge in [-0.3, -0.25) is 9.59 Å². The van der Waals surface area contributed by atoms with Crippen LogP contribution in [-0.4, -0.2) is 17.2 Å². The highest BCUT2D eigenvalue weighted by atomic mass is 35.5. The fraction of sp³-hybridized carbons (Fsp3) is 0.800. The van der Waals surface area contributed by atoms with Gasteiger partial charge in [0.1, 0.15) is 6.04 Å². The summed E-state index contributed by atoms with van der Waals surface area (Å²) in [5.41, 5.74) is 0. The van der Waals surface area contributed by atoms with Gasteiger partial charge in [0.25, 0.3) is 0 Å². The Bertz CT molecular complexity index is 236. The van der Waals surface area contributed by atoms with Crippen LogP contribution < -0.4 is 5.32 Å². The van der Waals surface area contributed by atoms with E-state index < -0.39 is 11.3 Å². The first-order valence-corrected chi connectivity index (χ1v) is 5.38. The van der Waals surface area contributed by atoms with Crippen LogP contribution in [0.25, 0.3) is 0 Å². The standard InChI is InChI=1S/C10H16ClNO2/c1-6(2)5-8(9(11)13)12-10(14)7-3-4-7/h6-8H,3-5H2,1-2H3,(H,12,14). The lowest BCUT2D eigenvalue weighted by Gasteiger charge is -2.16. The van der Waals surface area contributed by atoms with Gasteiger partial charge in [-0.05, 0) is 36.8 Å². The second-order valence-corrected chi connectivity index (χ2v) is 4.64. The third kappa shape index (κ3) is 3.66. The highest BCUT2D eigenvalue weighted by Gasteiger charge is 2.32. The van der Waals surface area contributed by atoms with Crippen molar-refractivity contribution in [3.63, 3.8) is 0 Å². The molecule has 0 bridgehead atoms. The molecule has 0 aromatic heterocycles. The van der Waals surface area contributed by atoms with Gasteiger partial charge >= 0.3 is 0 Å². The Morgan fingerprint density at radius 1 is 1.43 bits per heavy atom. The van der Waals surface area contributed by atoms with Gasteiger partial charge in [-0.2, -0.15) is 0 Å². The number of nitrogens with one attached hydrogen (secondary N) is 1. The molecule has 1 fully saturated rings. The normalized spacial score (nSPS) is 18.0. The molecule has 1 amide bonds. The molecule has 0 spiro atoms. The topological polar surface area (TPSA) is 46.2 Å². The zero-order chi connectivity index (χ0) is 10.7. The molecule has 0 aromatic carbocycles. The number of carbonyl (C=O) groups is 2. The molecule has 14 heavy (non-hydrogen) atoms. The van der Waals surface area contributed by atoms with Gasteiger partial charge < -0.3 is 5.32 Å². The zero-order valence-corrected chi connectivity index (χ0v) is 9.30. The fourth-order valence-electron chi connectivity index (χ4n) is 1.31. The molecule has 1 aliphatic carbocycles. The van der Waals surface area contributed by atoms with Gasteiger partial charge in [-0.15, -0.1) is 0 Å². The average Bonchev–Trinajstić information content (AvgIpc) is 2.83. The third-order valence-electron chi connectivity index (χ3n) is 2.25. The van der Waals surface area contributed by atoms with Crippen LogP contribution >= 0.6 is 11.6 Å². The fourth-order valence-corrected chi connectivity index (χ4v) is 1.46. The summed E-state index contributed by atoms with van der Waals surface area (Å²) in [6.07, 6.45) is 2.49. The Kier molecular flexibility index (Phi) is 3.93. The Morgan fingerprint density at radius 2 is 2.00 bits per heavy atom. The molecule has 1 saturated carbocycles. The predicted molar refractivity (Wildman–Crippen MR) is 55.0 cm³/mol. The van der Waals surface area contributed by atoms with Crippen molar-refractivity contribution in [1.29, 1.82) is 0 Å². The quantitative estimate of drug-likeness (QED) is 0.713. The van der Waals surface area contributed by atoms with Crippen LogP contribution in [0.5, 0.6) is 0 Å². The lowest BCUT2D eigenvalue weighted by molar-refractivity contribution is -0.126. The first-order chi connectivity index (χ1) is 6.50. The van der Waals surface area contributed by atoms with Crippen LogP contribution in [0, 0.1) is 11.8 Å². The molecule has 1 rings (SSSR count). The van der Waals surface area contributed by atoms with E-state index in [0.29, 0.717) is 12.3 Å². The summed E-state index contributed by atoms with van der Waals surface area (Å²) in [5.74, 6) is 0.451. The summed E-state index contributed by atoms with van der Waals surface area (Å²) >= 11 is 5.40. The predicted octanol–water partition coefficient (Wildman–Crippen LogP) is 1.69. The highest BCUT2D eigenvalue weighted by molar-refractivity contribution is 6.64. The molecule has 1 aliphatic rings. The summed E-state index contributed by atoms with van der Waals surface area (Å²) < 4.78 is 0. The van der Waals surface area contributed by atoms with E-state index in [4.69, 9.17) is 11.6 Å². The Balaban J connectivity index is 2.41. The monoisotopic (exact) mass is 217 g/mol. The minimum atomic E-state index is -0.509. The second kappa shape index (κ2) is 4.78. The van der Waals surface area contributed by atoms with E-state index in [1.807, 2.05) is 13.8 Å². The van der Waals surface area contributed by atoms with Gasteiger partial charge in [-0.25, -0.2) is 0 Å². The van der Waals surface area contributed by atoms with E-state index in [1.165, 1.54) is 0 Å². The SMILES string of the molecule is CC(C)CC(NC(=O)C1CC1)C(=O)Cl. The number of halogens is 1. The number of amides is 1. The summed E-state index contributed by atoms with van der Waals surface area (Å²) in [6.45, 7) is 3.99. The van der Waals surface area contributed by atoms with Crippen molar-refractivity contribution in [2.45, 2.75) is 39.2 Å². The smallest absolute Gasteiger partial charge is 0.244 e. The lowest BCUT2D eigenvalue weighted by Crippen LogP contribution is -2.40. The van der Waals surface area contributed by atoms with Crippen LogP contribution in [0.3, 0.4) is 0 Å². The molecule has 4 heteroatoms. The minimum Gasteiger partial charge on any atom is -0.345 e. The maximum Gasteiger partial charge on any atom is 0.244 e. The van der Waals surface area contributed by atoms with Crippen molar-refractivity contribution in [3.05, 3.63) is 0 Å². The van der Waals surface area contributed by atoms with E-state index in [2.05, 4.69) is 5.32 Å². The number of hydrogen-bond donors (Lipinski definition) is 1. The van der Waals surface area contributed by atoms with E-state index in [-0.39, 0.29) is 11.8 Å². The molecular weight excluding hydrogens is 202 g/mol. The maximum absolute atomic E-state index is 11.4. The van der Waals surface area contributed by atoms with Crippen LogP contribution in [0.1, 0.15) is 33.1 Å². The van der Waals surface area contributed by atoms with Crippen LogP contribution in [-0.2, 0) is 9.59 Å². The molecule has 1 atom stereocenters. The average molecular weight is 218 g/mol. The number of carbonyl (C=O) groups excluding carboxylic acids is 2. The molecular formula is C10H16ClNO2. The molecule has 1 unspecified atom stereocenters. The highest BCUT2D eigenvalue weighted by Crippen LogP contribution is 2.29. The van der Waals surface area contributed by atoms with E-state index in [9.17, 15) is 9.59 Å². The summed E-state index contributed by atoms with van der Waals surface area (Å²) in [6, 6.07) is -0.509. The van der Waals surface area contributed by atoms with E-state index in [1.54, 1.807) is 0 Å². The van der Waals surface area contributed by atoms with Crippen molar-refractivity contribution in [2.24, 2.45) is 11.8 Å². The molecule has 80 valence electrons. The van der Waals surface area contributed by atoms with Gasteiger partial charge in [-0.1, -0.05) is 13.8 Å². The van der Waals surface area contributed by atoms with Gasteiger partial charge in [0.2, 0.25) is 11.1 Å². The zero-order valence-electron chi connectivity index (χ0n) is 8.55. The molecule has 1 N–H and O–H groups in total. The first kappa shape index (κ1) is 11.5. The Morgan fingerprint density at radius 3 is 2.36 bits per heavy atom. The first-order valence-electron chi connectivity index (χ1n) is 5.00. The van der Waals surface area contributed by atoms with Gasteiger partial charge in [0.05, 0.1) is 0 Å². The second-order valence-electron chi connectivity index (χ2n) is 4.27. The van der Waals surface area contributed by atoms with Gasteiger partial charge in [0.15, 0.2) is 0 Å². The van der Waals surface area contributed by atoms with E-state index in [0.717, 1.165) is 12.8 Å². The van der Waals surface area contributed by atoms with Crippen LogP contribution in [0.15, 0.2) is 0 Å². The molecule has 0 aromatic rings. The van der Waals surface area contributed by atoms with E-state index >= 15 is 0 Å². The Labute approximate surface area is 89.2 Å². The molecule has 0 heterocycles. The Hall–Kier alpha value is -0.570. The van der Waals surface area contributed by atoms with Crippen molar-refractivity contribution >= 4 is 22.8 Å². The third-order valence-corrected chi connectivity index (χ3v) is 2.51. The van der Waals surface area contributed by atoms with Crippen molar-refractivity contribution in [1.82, 2.24) is 5.32 Å². The van der Waals surface area contributed by atoms with Crippen LogP contribution in [0.4, 0.5) is 0 Å². The molecule has 0 radical (unpaired) electrons.